The van der Waals surface area contributed by atoms with Crippen molar-refractivity contribution in [3.8, 4) is 0 Å². The van der Waals surface area contributed by atoms with Crippen LogP contribution in [-0.2, 0) is 17.8 Å². The highest BCUT2D eigenvalue weighted by molar-refractivity contribution is 5.84. The van der Waals surface area contributed by atoms with Crippen molar-refractivity contribution in [2.75, 3.05) is 13.7 Å². The van der Waals surface area contributed by atoms with Crippen molar-refractivity contribution in [3.63, 3.8) is 0 Å². The Morgan fingerprint density at radius 3 is 2.91 bits per heavy atom. The molecule has 1 aliphatic rings. The summed E-state index contributed by atoms with van der Waals surface area (Å²) in [6.07, 6.45) is 7.89. The van der Waals surface area contributed by atoms with Gasteiger partial charge in [-0.25, -0.2) is 4.98 Å². The molecule has 4 nitrogen and oxygen atoms in total. The molecule has 0 spiro atoms. The van der Waals surface area contributed by atoms with Gasteiger partial charge in [-0.15, -0.1) is 0 Å². The number of pyridine rings is 1. The zero-order valence-corrected chi connectivity index (χ0v) is 13.9. The molecule has 0 unspecified atom stereocenters. The van der Waals surface area contributed by atoms with Crippen molar-refractivity contribution in [1.29, 1.82) is 0 Å². The number of nitrogens with one attached hydrogen (secondary N) is 1. The van der Waals surface area contributed by atoms with E-state index in [0.29, 0.717) is 5.92 Å². The number of aromatic nitrogens is 2. The average molecular weight is 301 g/mol. The average Bonchev–Trinajstić information content (AvgIpc) is 3.27. The van der Waals surface area contributed by atoms with E-state index < -0.39 is 0 Å². The summed E-state index contributed by atoms with van der Waals surface area (Å²) in [5.41, 5.74) is 3.91. The van der Waals surface area contributed by atoms with Crippen LogP contribution in [0.3, 0.4) is 0 Å². The molecule has 3 rings (SSSR count). The van der Waals surface area contributed by atoms with Crippen LogP contribution in [0, 0.1) is 0 Å². The van der Waals surface area contributed by atoms with Gasteiger partial charge in [-0.05, 0) is 42.4 Å². The number of hydrogen-bond acceptors (Lipinski definition) is 3. The Bertz CT molecular complexity index is 629. The van der Waals surface area contributed by atoms with Crippen molar-refractivity contribution in [3.05, 3.63) is 29.6 Å². The number of nitrogens with zero attached hydrogens (tertiary/aromatic N) is 2. The second-order valence-electron chi connectivity index (χ2n) is 6.60. The maximum absolute atomic E-state index is 5.19. The van der Waals surface area contributed by atoms with E-state index in [4.69, 9.17) is 4.74 Å². The Labute approximate surface area is 132 Å². The van der Waals surface area contributed by atoms with Gasteiger partial charge in [0.05, 0.1) is 0 Å². The van der Waals surface area contributed by atoms with Crippen LogP contribution in [0.25, 0.3) is 11.0 Å². The Morgan fingerprint density at radius 1 is 1.41 bits per heavy atom. The van der Waals surface area contributed by atoms with Gasteiger partial charge in [0.15, 0.2) is 0 Å². The third kappa shape index (κ3) is 3.33. The molecule has 22 heavy (non-hydrogen) atoms. The van der Waals surface area contributed by atoms with Crippen LogP contribution in [0.2, 0.25) is 0 Å². The van der Waals surface area contributed by atoms with Gasteiger partial charge in [0, 0.05) is 50.6 Å². The summed E-state index contributed by atoms with van der Waals surface area (Å²) < 4.78 is 7.48. The lowest BCUT2D eigenvalue weighted by Gasteiger charge is -2.10. The van der Waals surface area contributed by atoms with Crippen molar-refractivity contribution in [2.45, 2.75) is 58.2 Å². The number of methoxy groups -OCH3 is 1. The van der Waals surface area contributed by atoms with Crippen LogP contribution in [0.4, 0.5) is 0 Å². The highest BCUT2D eigenvalue weighted by Crippen LogP contribution is 2.29. The third-order valence-electron chi connectivity index (χ3n) is 4.40. The fraction of sp³-hybridized carbons (Fsp3) is 0.611. The van der Waals surface area contributed by atoms with E-state index in [1.165, 1.54) is 29.4 Å². The van der Waals surface area contributed by atoms with Crippen molar-refractivity contribution in [2.24, 2.45) is 0 Å². The fourth-order valence-corrected chi connectivity index (χ4v) is 3.03. The topological polar surface area (TPSA) is 39.1 Å². The normalized spacial score (nSPS) is 15.1. The maximum Gasteiger partial charge on any atom is 0.140 e. The molecule has 0 bridgehead atoms. The predicted octanol–water partition coefficient (Wildman–Crippen LogP) is 3.45. The standard InChI is InChI=1S/C18H27N3O/c1-13(2)16-7-8-19-18-17(16)14(11-20-15-5-6-15)12-21(18)9-4-10-22-3/h7-8,12-13,15,20H,4-6,9-11H2,1-3H3. The number of rotatable bonds is 8. The first-order valence-corrected chi connectivity index (χ1v) is 8.39. The lowest BCUT2D eigenvalue weighted by Crippen LogP contribution is -2.15. The molecule has 1 saturated carbocycles. The third-order valence-corrected chi connectivity index (χ3v) is 4.40. The number of ether oxygens (including phenoxy) is 1. The van der Waals surface area contributed by atoms with Gasteiger partial charge < -0.3 is 14.6 Å². The first kappa shape index (κ1) is 15.5. The summed E-state index contributed by atoms with van der Waals surface area (Å²) in [4.78, 5) is 4.66. The van der Waals surface area contributed by atoms with Gasteiger partial charge in [0.2, 0.25) is 0 Å². The highest BCUT2D eigenvalue weighted by Gasteiger charge is 2.22. The van der Waals surface area contributed by atoms with E-state index in [0.717, 1.165) is 37.8 Å². The summed E-state index contributed by atoms with van der Waals surface area (Å²) in [5, 5.41) is 5.00. The summed E-state index contributed by atoms with van der Waals surface area (Å²) in [5.74, 6) is 0.514. The SMILES string of the molecule is COCCCn1cc(CNC2CC2)c2c(C(C)C)ccnc21. The molecule has 2 heterocycles. The van der Waals surface area contributed by atoms with Crippen molar-refractivity contribution < 1.29 is 4.74 Å². The smallest absolute Gasteiger partial charge is 0.140 e. The summed E-state index contributed by atoms with van der Waals surface area (Å²) in [6, 6.07) is 2.90. The van der Waals surface area contributed by atoms with E-state index in [-0.39, 0.29) is 0 Å². The minimum absolute atomic E-state index is 0.514. The van der Waals surface area contributed by atoms with Gasteiger partial charge in [0.1, 0.15) is 5.65 Å². The van der Waals surface area contributed by atoms with Crippen molar-refractivity contribution in [1.82, 2.24) is 14.9 Å². The Balaban J connectivity index is 1.94. The summed E-state index contributed by atoms with van der Waals surface area (Å²) >= 11 is 0. The number of aryl methyl sites for hydroxylation is 1. The molecular formula is C18H27N3O. The predicted molar refractivity (Wildman–Crippen MR) is 90.2 cm³/mol. The first-order chi connectivity index (χ1) is 10.7. The molecule has 120 valence electrons. The lowest BCUT2D eigenvalue weighted by molar-refractivity contribution is 0.190. The Morgan fingerprint density at radius 2 is 2.23 bits per heavy atom. The Hall–Kier alpha value is -1.39. The van der Waals surface area contributed by atoms with E-state index >= 15 is 0 Å². The minimum atomic E-state index is 0.514. The van der Waals surface area contributed by atoms with Crippen molar-refractivity contribution >= 4 is 11.0 Å². The second kappa shape index (κ2) is 6.80. The molecule has 4 heteroatoms. The zero-order chi connectivity index (χ0) is 15.5. The first-order valence-electron chi connectivity index (χ1n) is 8.39. The van der Waals surface area contributed by atoms with Gasteiger partial charge in [-0.2, -0.15) is 0 Å². The molecule has 0 aromatic carbocycles. The lowest BCUT2D eigenvalue weighted by atomic mass is 9.99. The van der Waals surface area contributed by atoms with E-state index in [2.05, 4.69) is 41.0 Å². The molecule has 1 fully saturated rings. The zero-order valence-electron chi connectivity index (χ0n) is 13.9. The van der Waals surface area contributed by atoms with E-state index in [1.54, 1.807) is 7.11 Å². The van der Waals surface area contributed by atoms with Gasteiger partial charge in [-0.3, -0.25) is 0 Å². The molecule has 0 amide bonds. The van der Waals surface area contributed by atoms with Crippen LogP contribution >= 0.6 is 0 Å². The molecular weight excluding hydrogens is 274 g/mol. The van der Waals surface area contributed by atoms with Gasteiger partial charge >= 0.3 is 0 Å². The van der Waals surface area contributed by atoms with Crippen LogP contribution in [0.1, 0.15) is 50.2 Å². The summed E-state index contributed by atoms with van der Waals surface area (Å²) in [6.45, 7) is 7.22. The minimum Gasteiger partial charge on any atom is -0.385 e. The molecule has 0 atom stereocenters. The Kier molecular flexibility index (Phi) is 4.79. The highest BCUT2D eigenvalue weighted by atomic mass is 16.5. The number of fused-ring (bicyclic) bond motifs is 1. The molecule has 1 aliphatic carbocycles. The molecule has 0 saturated heterocycles. The molecule has 0 aliphatic heterocycles. The summed E-state index contributed by atoms with van der Waals surface area (Å²) in [7, 11) is 1.76. The van der Waals surface area contributed by atoms with E-state index in [1.807, 2.05) is 6.20 Å². The quantitative estimate of drug-likeness (QED) is 0.759. The van der Waals surface area contributed by atoms with Gasteiger partial charge in [0.25, 0.3) is 0 Å². The molecule has 2 aromatic heterocycles. The van der Waals surface area contributed by atoms with Crippen LogP contribution in [0.5, 0.6) is 0 Å². The second-order valence-corrected chi connectivity index (χ2v) is 6.60. The number of hydrogen-bond donors (Lipinski definition) is 1. The van der Waals surface area contributed by atoms with Gasteiger partial charge in [-0.1, -0.05) is 13.8 Å². The van der Waals surface area contributed by atoms with Crippen LogP contribution < -0.4 is 5.32 Å². The van der Waals surface area contributed by atoms with E-state index in [9.17, 15) is 0 Å². The molecule has 1 N–H and O–H groups in total. The largest absolute Gasteiger partial charge is 0.385 e. The molecule has 2 aromatic rings. The van der Waals surface area contributed by atoms with Crippen LogP contribution in [0.15, 0.2) is 18.5 Å². The maximum atomic E-state index is 5.19. The monoisotopic (exact) mass is 301 g/mol. The molecule has 0 radical (unpaired) electrons. The van der Waals surface area contributed by atoms with Crippen LogP contribution in [-0.4, -0.2) is 29.3 Å². The fourth-order valence-electron chi connectivity index (χ4n) is 3.03.